The van der Waals surface area contributed by atoms with Crippen LogP contribution in [0, 0.1) is 0 Å². The Labute approximate surface area is 118 Å². The van der Waals surface area contributed by atoms with Crippen LogP contribution in [0.5, 0.6) is 5.75 Å². The fourth-order valence-corrected chi connectivity index (χ4v) is 3.31. The highest BCUT2D eigenvalue weighted by atomic mass is 32.2. The lowest BCUT2D eigenvalue weighted by molar-refractivity contribution is 0.462. The summed E-state index contributed by atoms with van der Waals surface area (Å²) in [6.45, 7) is 0. The first-order valence-corrected chi connectivity index (χ1v) is 7.51. The fraction of sp³-hybridized carbons (Fsp3) is 0.0769. The molecule has 1 aromatic carbocycles. The first-order valence-electron chi connectivity index (χ1n) is 5.64. The molecule has 6 heteroatoms. The molecule has 3 rings (SSSR count). The third-order valence-corrected chi connectivity index (χ3v) is 4.49. The first kappa shape index (κ1) is 12.3. The highest BCUT2D eigenvalue weighted by molar-refractivity contribution is 7.98. The molecule has 4 nitrogen and oxygen atoms in total. The molecular formula is C13H11N3OS2. The average Bonchev–Trinajstić information content (AvgIpc) is 2.87. The van der Waals surface area contributed by atoms with E-state index in [1.165, 1.54) is 11.8 Å². The van der Waals surface area contributed by atoms with Crippen molar-refractivity contribution in [1.29, 1.82) is 0 Å². The maximum Gasteiger partial charge on any atom is 0.142 e. The van der Waals surface area contributed by atoms with Crippen LogP contribution in [0.1, 0.15) is 5.82 Å². The molecule has 3 N–H and O–H groups in total. The van der Waals surface area contributed by atoms with Gasteiger partial charge in [0.1, 0.15) is 22.2 Å². The maximum atomic E-state index is 9.70. The molecule has 0 atom stereocenters. The van der Waals surface area contributed by atoms with Gasteiger partial charge in [0, 0.05) is 4.90 Å². The summed E-state index contributed by atoms with van der Waals surface area (Å²) in [6.07, 6.45) is 0. The van der Waals surface area contributed by atoms with E-state index in [9.17, 15) is 5.11 Å². The monoisotopic (exact) mass is 289 g/mol. The number of hydrogen-bond donors (Lipinski definition) is 2. The van der Waals surface area contributed by atoms with Crippen LogP contribution in [-0.2, 0) is 5.75 Å². The lowest BCUT2D eigenvalue weighted by atomic mass is 10.3. The Kier molecular flexibility index (Phi) is 3.27. The van der Waals surface area contributed by atoms with Crippen molar-refractivity contribution in [2.24, 2.45) is 0 Å². The second-order valence-electron chi connectivity index (χ2n) is 3.92. The number of nitrogens with two attached hydrogens (primary N) is 1. The topological polar surface area (TPSA) is 72.0 Å². The van der Waals surface area contributed by atoms with E-state index in [4.69, 9.17) is 5.73 Å². The summed E-state index contributed by atoms with van der Waals surface area (Å²) >= 11 is 3.04. The van der Waals surface area contributed by atoms with Crippen LogP contribution in [0.15, 0.2) is 40.6 Å². The number of aromatic nitrogens is 2. The maximum absolute atomic E-state index is 9.70. The Balaban J connectivity index is 1.84. The number of fused-ring (bicyclic) bond motifs is 1. The van der Waals surface area contributed by atoms with Gasteiger partial charge in [-0.1, -0.05) is 12.1 Å². The van der Waals surface area contributed by atoms with Gasteiger partial charge in [0.15, 0.2) is 0 Å². The van der Waals surface area contributed by atoms with Crippen LogP contribution < -0.4 is 5.73 Å². The van der Waals surface area contributed by atoms with Gasteiger partial charge in [-0.2, -0.15) is 0 Å². The van der Waals surface area contributed by atoms with Gasteiger partial charge in [0.2, 0.25) is 0 Å². The van der Waals surface area contributed by atoms with E-state index in [-0.39, 0.29) is 5.75 Å². The van der Waals surface area contributed by atoms with Gasteiger partial charge in [-0.25, -0.2) is 9.97 Å². The van der Waals surface area contributed by atoms with Crippen molar-refractivity contribution in [3.8, 4) is 5.75 Å². The zero-order valence-electron chi connectivity index (χ0n) is 9.91. The summed E-state index contributed by atoms with van der Waals surface area (Å²) in [6, 6.07) is 9.15. The van der Waals surface area contributed by atoms with Crippen molar-refractivity contribution >= 4 is 39.1 Å². The molecule has 0 unspecified atom stereocenters. The van der Waals surface area contributed by atoms with Crippen molar-refractivity contribution in [2.45, 2.75) is 10.6 Å². The predicted octanol–water partition coefficient (Wildman–Crippen LogP) is 3.27. The summed E-state index contributed by atoms with van der Waals surface area (Å²) < 4.78 is 0. The molecule has 0 saturated carbocycles. The molecule has 0 bridgehead atoms. The van der Waals surface area contributed by atoms with Crippen molar-refractivity contribution in [3.05, 3.63) is 41.5 Å². The van der Waals surface area contributed by atoms with E-state index in [1.807, 2.05) is 23.6 Å². The number of anilines is 1. The van der Waals surface area contributed by atoms with Gasteiger partial charge in [-0.15, -0.1) is 23.1 Å². The number of nitrogen functional groups attached to an aromatic ring is 1. The van der Waals surface area contributed by atoms with Gasteiger partial charge in [0.05, 0.1) is 11.1 Å². The standard InChI is InChI=1S/C13H11N3OS2/c14-12-8-5-6-18-13(8)16-11(15-12)7-19-10-4-2-1-3-9(10)17/h1-6,17H,7H2,(H2,14,15,16). The first-order chi connectivity index (χ1) is 9.24. The highest BCUT2D eigenvalue weighted by Gasteiger charge is 2.08. The minimum atomic E-state index is 0.276. The van der Waals surface area contributed by atoms with Crippen LogP contribution in [-0.4, -0.2) is 15.1 Å². The smallest absolute Gasteiger partial charge is 0.142 e. The lowest BCUT2D eigenvalue weighted by Gasteiger charge is -2.04. The van der Waals surface area contributed by atoms with E-state index in [0.717, 1.165) is 15.1 Å². The minimum absolute atomic E-state index is 0.276. The number of hydrogen-bond acceptors (Lipinski definition) is 6. The number of nitrogens with zero attached hydrogens (tertiary/aromatic N) is 2. The molecule has 0 aliphatic heterocycles. The van der Waals surface area contributed by atoms with Crippen molar-refractivity contribution in [2.75, 3.05) is 5.73 Å². The molecule has 2 heterocycles. The van der Waals surface area contributed by atoms with Gasteiger partial charge >= 0.3 is 0 Å². The van der Waals surface area contributed by atoms with Crippen molar-refractivity contribution in [1.82, 2.24) is 9.97 Å². The molecule has 19 heavy (non-hydrogen) atoms. The fourth-order valence-electron chi connectivity index (χ4n) is 1.71. The number of thiophene rings is 1. The summed E-state index contributed by atoms with van der Waals surface area (Å²) in [4.78, 5) is 10.5. The molecule has 0 amide bonds. The molecule has 96 valence electrons. The molecule has 0 aliphatic carbocycles. The van der Waals surface area contributed by atoms with E-state index >= 15 is 0 Å². The number of phenolic OH excluding ortho intramolecular Hbond substituents is 1. The SMILES string of the molecule is Nc1nc(CSc2ccccc2O)nc2sccc12. The highest BCUT2D eigenvalue weighted by Crippen LogP contribution is 2.31. The predicted molar refractivity (Wildman–Crippen MR) is 79.5 cm³/mol. The average molecular weight is 289 g/mol. The van der Waals surface area contributed by atoms with E-state index in [2.05, 4.69) is 9.97 Å². The molecule has 3 aromatic rings. The lowest BCUT2D eigenvalue weighted by Crippen LogP contribution is -1.98. The van der Waals surface area contributed by atoms with E-state index in [1.54, 1.807) is 23.5 Å². The number of benzene rings is 1. The van der Waals surface area contributed by atoms with Crippen LogP contribution in [0.2, 0.25) is 0 Å². The molecule has 0 aliphatic rings. The summed E-state index contributed by atoms with van der Waals surface area (Å²) in [5, 5.41) is 12.6. The molecule has 2 aromatic heterocycles. The third kappa shape index (κ3) is 2.50. The number of rotatable bonds is 3. The summed E-state index contributed by atoms with van der Waals surface area (Å²) in [5.74, 6) is 2.05. The van der Waals surface area contributed by atoms with Gasteiger partial charge in [-0.3, -0.25) is 0 Å². The van der Waals surface area contributed by atoms with Crippen LogP contribution in [0.25, 0.3) is 10.2 Å². The molecular weight excluding hydrogens is 278 g/mol. The normalized spacial score (nSPS) is 10.9. The molecule has 0 spiro atoms. The van der Waals surface area contributed by atoms with E-state index in [0.29, 0.717) is 17.4 Å². The van der Waals surface area contributed by atoms with E-state index < -0.39 is 0 Å². The van der Waals surface area contributed by atoms with Crippen molar-refractivity contribution < 1.29 is 5.11 Å². The summed E-state index contributed by atoms with van der Waals surface area (Å²) in [5.41, 5.74) is 5.90. The van der Waals surface area contributed by atoms with Crippen LogP contribution in [0.4, 0.5) is 5.82 Å². The summed E-state index contributed by atoms with van der Waals surface area (Å²) in [7, 11) is 0. The number of thioether (sulfide) groups is 1. The zero-order valence-corrected chi connectivity index (χ0v) is 11.5. The number of aromatic hydroxyl groups is 1. The zero-order chi connectivity index (χ0) is 13.2. The quantitative estimate of drug-likeness (QED) is 0.724. The number of phenols is 1. The second-order valence-corrected chi connectivity index (χ2v) is 5.83. The third-order valence-electron chi connectivity index (χ3n) is 2.62. The Morgan fingerprint density at radius 3 is 2.89 bits per heavy atom. The number of para-hydroxylation sites is 1. The van der Waals surface area contributed by atoms with Crippen LogP contribution >= 0.6 is 23.1 Å². The molecule has 0 fully saturated rings. The largest absolute Gasteiger partial charge is 0.507 e. The Morgan fingerprint density at radius 1 is 1.21 bits per heavy atom. The second kappa shape index (κ2) is 5.07. The van der Waals surface area contributed by atoms with Crippen LogP contribution in [0.3, 0.4) is 0 Å². The minimum Gasteiger partial charge on any atom is -0.507 e. The Hall–Kier alpha value is -1.79. The molecule has 0 radical (unpaired) electrons. The van der Waals surface area contributed by atoms with Crippen molar-refractivity contribution in [3.63, 3.8) is 0 Å². The Morgan fingerprint density at radius 2 is 2.05 bits per heavy atom. The van der Waals surface area contributed by atoms with Gasteiger partial charge in [-0.05, 0) is 23.6 Å². The molecule has 0 saturated heterocycles. The Bertz CT molecular complexity index is 727. The van der Waals surface area contributed by atoms with Gasteiger partial charge < -0.3 is 10.8 Å². The van der Waals surface area contributed by atoms with Gasteiger partial charge in [0.25, 0.3) is 0 Å².